The quantitative estimate of drug-likeness (QED) is 0.0804. The van der Waals surface area contributed by atoms with Crippen LogP contribution in [0, 0.1) is 21.4 Å². The van der Waals surface area contributed by atoms with Gasteiger partial charge in [-0.05, 0) is 110 Å². The predicted octanol–water partition coefficient (Wildman–Crippen LogP) is 8.18. The van der Waals surface area contributed by atoms with Crippen molar-refractivity contribution >= 4 is 72.8 Å². The molecule has 65 heavy (non-hydrogen) atoms. The standard InChI is InChI=1S/C47H54ClN9O7S/c1-47(2)16-12-33(38(28-47)32-4-6-34(48)7-5-32)30-54-19-21-55(22-20-54)35-8-10-37(41(26-35)56-18-3-23-64-46-44(56)51-40-13-17-49-43(40)52-46)45(58)53-65(61,62)36-9-11-39(42(27-36)57(59)60)50-29-31-14-24-63-25-15-31/h4-11,13,17,26-27,31,50H,3,12,14-16,18-25,28-30H2,1-2H3,(H,49,52)(H,53,58). The molecule has 4 aliphatic rings. The number of aromatic nitrogens is 3. The molecule has 0 atom stereocenters. The average Bonchev–Trinajstić information content (AvgIpc) is 3.66. The minimum absolute atomic E-state index is 0.0749. The number of ether oxygens (including phenoxy) is 2. The first-order valence-electron chi connectivity index (χ1n) is 22.3. The summed E-state index contributed by atoms with van der Waals surface area (Å²) in [5.74, 6) is 0.0505. The van der Waals surface area contributed by atoms with Crippen LogP contribution in [-0.4, -0.2) is 105 Å². The Labute approximate surface area is 383 Å². The maximum atomic E-state index is 14.4. The number of hydrogen-bond acceptors (Lipinski definition) is 13. The van der Waals surface area contributed by atoms with E-state index in [2.05, 4.69) is 55.8 Å². The lowest BCUT2D eigenvalue weighted by molar-refractivity contribution is -0.384. The van der Waals surface area contributed by atoms with Crippen molar-refractivity contribution in [1.82, 2.24) is 24.6 Å². The topological polar surface area (TPSA) is 188 Å². The Morgan fingerprint density at radius 2 is 1.77 bits per heavy atom. The van der Waals surface area contributed by atoms with Gasteiger partial charge in [0.2, 0.25) is 0 Å². The number of carbonyl (C=O) groups excluding carboxylic acids is 1. The Balaban J connectivity index is 0.986. The molecule has 0 radical (unpaired) electrons. The van der Waals surface area contributed by atoms with E-state index in [4.69, 9.17) is 26.1 Å². The molecule has 3 aliphatic heterocycles. The van der Waals surface area contributed by atoms with Gasteiger partial charge in [-0.3, -0.25) is 19.8 Å². The molecule has 2 aromatic heterocycles. The molecule has 0 bridgehead atoms. The zero-order valence-corrected chi connectivity index (χ0v) is 38.2. The van der Waals surface area contributed by atoms with Crippen LogP contribution in [0.1, 0.15) is 68.3 Å². The molecular formula is C47H54ClN9O7S. The fraction of sp³-hybridized carbons (Fsp3) is 0.426. The zero-order chi connectivity index (χ0) is 45.3. The lowest BCUT2D eigenvalue weighted by atomic mass is 9.72. The van der Waals surface area contributed by atoms with Gasteiger partial charge in [0.1, 0.15) is 11.2 Å². The Kier molecular flexibility index (Phi) is 12.7. The molecule has 16 nitrogen and oxygen atoms in total. The number of nitrogens with one attached hydrogen (secondary N) is 3. The number of anilines is 4. The van der Waals surface area contributed by atoms with Crippen molar-refractivity contribution in [2.75, 3.05) is 80.8 Å². The van der Waals surface area contributed by atoms with Gasteiger partial charge in [0, 0.05) is 82.0 Å². The number of H-pyrrole nitrogens is 1. The highest BCUT2D eigenvalue weighted by Gasteiger charge is 2.32. The molecule has 5 aromatic rings. The first kappa shape index (κ1) is 44.5. The van der Waals surface area contributed by atoms with E-state index in [1.165, 1.54) is 28.8 Å². The first-order valence-corrected chi connectivity index (χ1v) is 24.2. The number of halogens is 1. The van der Waals surface area contributed by atoms with Gasteiger partial charge in [0.15, 0.2) is 11.5 Å². The van der Waals surface area contributed by atoms with Crippen LogP contribution in [0.3, 0.4) is 0 Å². The number of amides is 1. The van der Waals surface area contributed by atoms with Crippen molar-refractivity contribution in [3.8, 4) is 5.88 Å². The molecule has 0 spiro atoms. The van der Waals surface area contributed by atoms with Crippen molar-refractivity contribution in [3.05, 3.63) is 105 Å². The summed E-state index contributed by atoms with van der Waals surface area (Å²) in [5.41, 5.74) is 6.64. The predicted molar refractivity (Wildman–Crippen MR) is 252 cm³/mol. The number of sulfonamides is 1. The number of nitro benzene ring substituents is 1. The van der Waals surface area contributed by atoms with Crippen molar-refractivity contribution in [2.45, 2.75) is 57.3 Å². The maximum absolute atomic E-state index is 14.4. The number of benzene rings is 3. The van der Waals surface area contributed by atoms with Crippen molar-refractivity contribution < 1.29 is 27.6 Å². The smallest absolute Gasteiger partial charge is 0.293 e. The molecule has 1 amide bonds. The Bertz CT molecular complexity index is 2730. The molecule has 2 saturated heterocycles. The molecule has 1 aliphatic carbocycles. The van der Waals surface area contributed by atoms with E-state index in [9.17, 15) is 23.3 Å². The van der Waals surface area contributed by atoms with Crippen LogP contribution in [-0.2, 0) is 14.8 Å². The van der Waals surface area contributed by atoms with E-state index in [0.29, 0.717) is 62.0 Å². The molecule has 0 unspecified atom stereocenters. The van der Waals surface area contributed by atoms with E-state index in [0.717, 1.165) is 81.6 Å². The van der Waals surface area contributed by atoms with Gasteiger partial charge >= 0.3 is 0 Å². The van der Waals surface area contributed by atoms with E-state index in [-0.39, 0.29) is 28.5 Å². The van der Waals surface area contributed by atoms with Crippen LogP contribution in [0.2, 0.25) is 5.02 Å². The second kappa shape index (κ2) is 18.6. The maximum Gasteiger partial charge on any atom is 0.293 e. The highest BCUT2D eigenvalue weighted by atomic mass is 35.5. The largest absolute Gasteiger partial charge is 0.475 e. The number of fused-ring (bicyclic) bond motifs is 2. The van der Waals surface area contributed by atoms with Gasteiger partial charge in [-0.15, -0.1) is 0 Å². The number of piperazine rings is 1. The molecule has 9 rings (SSSR count). The molecule has 0 saturated carbocycles. The Hall–Kier alpha value is -5.75. The minimum atomic E-state index is -4.58. The van der Waals surface area contributed by atoms with E-state index >= 15 is 0 Å². The molecule has 18 heteroatoms. The van der Waals surface area contributed by atoms with E-state index < -0.39 is 31.4 Å². The lowest BCUT2D eigenvalue weighted by Crippen LogP contribution is -2.47. The number of aromatic amines is 1. The van der Waals surface area contributed by atoms with Crippen molar-refractivity contribution in [1.29, 1.82) is 0 Å². The third-order valence-electron chi connectivity index (χ3n) is 13.0. The average molecular weight is 925 g/mol. The lowest BCUT2D eigenvalue weighted by Gasteiger charge is -2.39. The number of nitrogens with zero attached hydrogens (tertiary/aromatic N) is 6. The second-order valence-electron chi connectivity index (χ2n) is 18.1. The third kappa shape index (κ3) is 9.93. The zero-order valence-electron chi connectivity index (χ0n) is 36.6. The van der Waals surface area contributed by atoms with Crippen LogP contribution >= 0.6 is 11.6 Å². The molecule has 5 heterocycles. The fourth-order valence-corrected chi connectivity index (χ4v) is 10.4. The summed E-state index contributed by atoms with van der Waals surface area (Å²) in [6.45, 7) is 11.2. The number of nitro groups is 1. The fourth-order valence-electron chi connectivity index (χ4n) is 9.30. The summed E-state index contributed by atoms with van der Waals surface area (Å²) in [6.07, 6.45) is 7.14. The number of hydrogen-bond donors (Lipinski definition) is 3. The van der Waals surface area contributed by atoms with Crippen LogP contribution < -0.4 is 24.6 Å². The summed E-state index contributed by atoms with van der Waals surface area (Å²) in [7, 11) is -4.58. The molecule has 342 valence electrons. The summed E-state index contributed by atoms with van der Waals surface area (Å²) in [6, 6.07) is 19.0. The van der Waals surface area contributed by atoms with E-state index in [1.807, 2.05) is 29.2 Å². The SMILES string of the molecule is CC1(C)CCC(CN2CCN(c3ccc(C(=O)NS(=O)(=O)c4ccc(NCC5CCOCC5)c([N+](=O)[O-])c4)c(N4CCCOc5nc6[nH]ccc6nc54)c3)CC2)=C(c2ccc(Cl)cc2)C1. The molecule has 3 aromatic carbocycles. The van der Waals surface area contributed by atoms with Gasteiger partial charge in [0.25, 0.3) is 27.5 Å². The summed E-state index contributed by atoms with van der Waals surface area (Å²) < 4.78 is 41.6. The Morgan fingerprint density at radius 3 is 2.54 bits per heavy atom. The van der Waals surface area contributed by atoms with E-state index in [1.54, 1.807) is 18.3 Å². The highest BCUT2D eigenvalue weighted by Crippen LogP contribution is 2.44. The number of carbonyl (C=O) groups is 1. The molecule has 3 N–H and O–H groups in total. The van der Waals surface area contributed by atoms with Crippen molar-refractivity contribution in [3.63, 3.8) is 0 Å². The number of allylic oxidation sites excluding steroid dienone is 1. The van der Waals surface area contributed by atoms with Crippen LogP contribution in [0.4, 0.5) is 28.6 Å². The molecular weight excluding hydrogens is 870 g/mol. The summed E-state index contributed by atoms with van der Waals surface area (Å²) in [5, 5.41) is 16.0. The number of rotatable bonds is 12. The summed E-state index contributed by atoms with van der Waals surface area (Å²) in [4.78, 5) is 44.8. The van der Waals surface area contributed by atoms with Gasteiger partial charge in [-0.25, -0.2) is 18.1 Å². The van der Waals surface area contributed by atoms with Gasteiger partial charge in [-0.2, -0.15) is 4.98 Å². The Morgan fingerprint density at radius 1 is 0.985 bits per heavy atom. The highest BCUT2D eigenvalue weighted by molar-refractivity contribution is 7.90. The minimum Gasteiger partial charge on any atom is -0.475 e. The third-order valence-corrected chi connectivity index (χ3v) is 14.6. The van der Waals surface area contributed by atoms with Gasteiger partial charge in [0.05, 0.1) is 27.7 Å². The normalized spacial score (nSPS) is 18.5. The van der Waals surface area contributed by atoms with Crippen molar-refractivity contribution in [2.24, 2.45) is 11.3 Å². The molecule has 2 fully saturated rings. The van der Waals surface area contributed by atoms with Gasteiger partial charge in [-0.1, -0.05) is 43.2 Å². The van der Waals surface area contributed by atoms with Gasteiger partial charge < -0.3 is 29.6 Å². The second-order valence-corrected chi connectivity index (χ2v) is 20.2. The first-order chi connectivity index (χ1) is 31.3. The van der Waals surface area contributed by atoms with Crippen LogP contribution in [0.25, 0.3) is 16.7 Å². The monoisotopic (exact) mass is 923 g/mol. The summed E-state index contributed by atoms with van der Waals surface area (Å²) >= 11 is 6.27. The van der Waals surface area contributed by atoms with Crippen LogP contribution in [0.15, 0.2) is 83.4 Å². The van der Waals surface area contributed by atoms with Crippen LogP contribution in [0.5, 0.6) is 5.88 Å².